The van der Waals surface area contributed by atoms with Gasteiger partial charge in [0.1, 0.15) is 5.69 Å². The fourth-order valence-corrected chi connectivity index (χ4v) is 5.12. The number of carbonyl (C=O) groups excluding carboxylic acids is 2. The van der Waals surface area contributed by atoms with Gasteiger partial charge in [-0.2, -0.15) is 0 Å². The quantitative estimate of drug-likeness (QED) is 0.858. The molecule has 0 saturated carbocycles. The van der Waals surface area contributed by atoms with Gasteiger partial charge in [-0.05, 0) is 62.6 Å². The fraction of sp³-hybridized carbons (Fsp3) is 0.714. The Kier molecular flexibility index (Phi) is 5.53. The van der Waals surface area contributed by atoms with Gasteiger partial charge in [0, 0.05) is 51.9 Å². The van der Waals surface area contributed by atoms with E-state index < -0.39 is 0 Å². The van der Waals surface area contributed by atoms with Gasteiger partial charge in [-0.1, -0.05) is 0 Å². The van der Waals surface area contributed by atoms with Crippen LogP contribution in [-0.2, 0) is 11.8 Å². The molecular formula is C21H32N4O2. The molecule has 1 aromatic rings. The molecule has 3 atom stereocenters. The van der Waals surface area contributed by atoms with E-state index in [-0.39, 0.29) is 5.91 Å². The van der Waals surface area contributed by atoms with E-state index in [4.69, 9.17) is 0 Å². The zero-order valence-electron chi connectivity index (χ0n) is 16.4. The number of fused-ring (bicyclic) bond motifs is 2. The zero-order chi connectivity index (χ0) is 18.8. The molecule has 2 amide bonds. The molecule has 2 bridgehead atoms. The third kappa shape index (κ3) is 4.05. The number of rotatable bonds is 5. The Morgan fingerprint density at radius 2 is 2.00 bits per heavy atom. The normalized spacial score (nSPS) is 27.8. The molecule has 3 fully saturated rings. The Labute approximate surface area is 161 Å². The fourth-order valence-electron chi connectivity index (χ4n) is 5.12. The maximum absolute atomic E-state index is 12.9. The predicted octanol–water partition coefficient (Wildman–Crippen LogP) is 1.87. The molecule has 27 heavy (non-hydrogen) atoms. The maximum Gasteiger partial charge on any atom is 0.270 e. The van der Waals surface area contributed by atoms with Gasteiger partial charge in [-0.3, -0.25) is 9.59 Å². The molecular weight excluding hydrogens is 340 g/mol. The van der Waals surface area contributed by atoms with Crippen LogP contribution in [0.1, 0.15) is 49.0 Å². The van der Waals surface area contributed by atoms with Crippen LogP contribution in [0.2, 0.25) is 0 Å². The van der Waals surface area contributed by atoms with Gasteiger partial charge in [0.25, 0.3) is 5.91 Å². The van der Waals surface area contributed by atoms with Crippen LogP contribution in [0.25, 0.3) is 0 Å². The first kappa shape index (κ1) is 18.5. The van der Waals surface area contributed by atoms with E-state index in [1.54, 1.807) is 0 Å². The molecule has 0 radical (unpaired) electrons. The molecule has 0 spiro atoms. The van der Waals surface area contributed by atoms with Crippen molar-refractivity contribution in [2.45, 2.75) is 44.6 Å². The maximum atomic E-state index is 12.9. The summed E-state index contributed by atoms with van der Waals surface area (Å²) in [6.45, 7) is 4.56. The number of aromatic nitrogens is 1. The summed E-state index contributed by atoms with van der Waals surface area (Å²) in [6.07, 6.45) is 8.09. The minimum absolute atomic E-state index is 0.155. The summed E-state index contributed by atoms with van der Waals surface area (Å²) in [7, 11) is 1.93. The minimum atomic E-state index is 0.155. The Morgan fingerprint density at radius 1 is 1.19 bits per heavy atom. The molecule has 0 aliphatic carbocycles. The number of piperidine rings is 2. The third-order valence-corrected chi connectivity index (χ3v) is 6.62. The van der Waals surface area contributed by atoms with Crippen molar-refractivity contribution in [3.8, 4) is 0 Å². The van der Waals surface area contributed by atoms with Gasteiger partial charge in [-0.15, -0.1) is 0 Å². The molecule has 6 heteroatoms. The number of carbonyl (C=O) groups is 2. The van der Waals surface area contributed by atoms with Crippen molar-refractivity contribution in [2.75, 3.05) is 32.7 Å². The average Bonchev–Trinajstić information content (AvgIpc) is 3.34. The van der Waals surface area contributed by atoms with Crippen molar-refractivity contribution >= 4 is 11.8 Å². The van der Waals surface area contributed by atoms with Crippen LogP contribution >= 0.6 is 0 Å². The number of nitrogens with one attached hydrogen (secondary N) is 1. The Bertz CT molecular complexity index is 679. The number of aryl methyl sites for hydroxylation is 1. The third-order valence-electron chi connectivity index (χ3n) is 6.62. The van der Waals surface area contributed by atoms with Crippen molar-refractivity contribution in [3.63, 3.8) is 0 Å². The van der Waals surface area contributed by atoms with E-state index in [0.29, 0.717) is 30.2 Å². The van der Waals surface area contributed by atoms with E-state index in [0.717, 1.165) is 64.1 Å². The van der Waals surface area contributed by atoms with E-state index in [9.17, 15) is 9.59 Å². The number of amides is 2. The van der Waals surface area contributed by atoms with Gasteiger partial charge < -0.3 is 19.7 Å². The second-order valence-corrected chi connectivity index (χ2v) is 8.57. The minimum Gasteiger partial charge on any atom is -0.347 e. The monoisotopic (exact) mass is 372 g/mol. The van der Waals surface area contributed by atoms with Crippen LogP contribution in [0, 0.1) is 11.8 Å². The second-order valence-electron chi connectivity index (χ2n) is 8.57. The lowest BCUT2D eigenvalue weighted by Gasteiger charge is -2.46. The van der Waals surface area contributed by atoms with Crippen LogP contribution in [0.5, 0.6) is 0 Å². The molecule has 3 saturated heterocycles. The SMILES string of the molecule is Cn1cccc1C(=O)N1C[C@@H]2CN[C@H](CCCC(=O)N3CCCC3)[C@H](C2)C1. The predicted molar refractivity (Wildman–Crippen MR) is 104 cm³/mol. The summed E-state index contributed by atoms with van der Waals surface area (Å²) < 4.78 is 1.91. The van der Waals surface area contributed by atoms with Gasteiger partial charge >= 0.3 is 0 Å². The molecule has 1 N–H and O–H groups in total. The molecule has 3 aliphatic heterocycles. The van der Waals surface area contributed by atoms with Gasteiger partial charge in [0.15, 0.2) is 0 Å². The standard InChI is InChI=1S/C21H32N4O2/c1-23-9-5-7-19(23)21(27)25-14-16-12-17(15-25)18(22-13-16)6-4-8-20(26)24-10-2-3-11-24/h5,7,9,16-18,22H,2-4,6,8,10-15H2,1H3/t16-,17+,18+/m0/s1. The summed E-state index contributed by atoms with van der Waals surface area (Å²) in [5.41, 5.74) is 0.774. The van der Waals surface area contributed by atoms with Crippen molar-refractivity contribution in [2.24, 2.45) is 18.9 Å². The van der Waals surface area contributed by atoms with Crippen LogP contribution in [0.15, 0.2) is 18.3 Å². The highest BCUT2D eigenvalue weighted by Gasteiger charge is 2.38. The zero-order valence-corrected chi connectivity index (χ0v) is 16.4. The van der Waals surface area contributed by atoms with Crippen molar-refractivity contribution in [1.82, 2.24) is 19.7 Å². The summed E-state index contributed by atoms with van der Waals surface area (Å²) in [5, 5.41) is 3.70. The van der Waals surface area contributed by atoms with Gasteiger partial charge in [0.2, 0.25) is 5.91 Å². The van der Waals surface area contributed by atoms with E-state index in [1.165, 1.54) is 6.42 Å². The number of nitrogens with zero attached hydrogens (tertiary/aromatic N) is 3. The lowest BCUT2D eigenvalue weighted by molar-refractivity contribution is -0.130. The smallest absolute Gasteiger partial charge is 0.270 e. The first-order valence-corrected chi connectivity index (χ1v) is 10.5. The Morgan fingerprint density at radius 3 is 2.74 bits per heavy atom. The van der Waals surface area contributed by atoms with E-state index >= 15 is 0 Å². The molecule has 6 nitrogen and oxygen atoms in total. The van der Waals surface area contributed by atoms with Crippen molar-refractivity contribution < 1.29 is 9.59 Å². The first-order valence-electron chi connectivity index (χ1n) is 10.5. The molecule has 148 valence electrons. The van der Waals surface area contributed by atoms with Crippen molar-refractivity contribution in [1.29, 1.82) is 0 Å². The second kappa shape index (κ2) is 8.05. The largest absolute Gasteiger partial charge is 0.347 e. The molecule has 4 rings (SSSR count). The average molecular weight is 373 g/mol. The molecule has 1 aromatic heterocycles. The summed E-state index contributed by atoms with van der Waals surface area (Å²) in [4.78, 5) is 29.2. The Balaban J connectivity index is 1.30. The van der Waals surface area contributed by atoms with Crippen LogP contribution in [0.3, 0.4) is 0 Å². The first-order chi connectivity index (χ1) is 13.1. The lowest BCUT2D eigenvalue weighted by atomic mass is 9.79. The molecule has 0 unspecified atom stereocenters. The lowest BCUT2D eigenvalue weighted by Crippen LogP contribution is -2.57. The number of hydrogen-bond acceptors (Lipinski definition) is 3. The summed E-state index contributed by atoms with van der Waals surface area (Å²) in [5.74, 6) is 1.53. The highest BCUT2D eigenvalue weighted by Crippen LogP contribution is 2.31. The van der Waals surface area contributed by atoms with E-state index in [2.05, 4.69) is 10.2 Å². The van der Waals surface area contributed by atoms with Gasteiger partial charge in [-0.25, -0.2) is 0 Å². The van der Waals surface area contributed by atoms with Crippen LogP contribution < -0.4 is 5.32 Å². The molecule has 0 aromatic carbocycles. The molecule has 4 heterocycles. The number of likely N-dealkylation sites (tertiary alicyclic amines) is 2. The topological polar surface area (TPSA) is 57.6 Å². The van der Waals surface area contributed by atoms with Gasteiger partial charge in [0.05, 0.1) is 0 Å². The van der Waals surface area contributed by atoms with Crippen LogP contribution in [-0.4, -0.2) is 64.9 Å². The van der Waals surface area contributed by atoms with Crippen LogP contribution in [0.4, 0.5) is 0 Å². The molecule has 3 aliphatic rings. The summed E-state index contributed by atoms with van der Waals surface area (Å²) >= 11 is 0. The Hall–Kier alpha value is -1.82. The highest BCUT2D eigenvalue weighted by molar-refractivity contribution is 5.92. The summed E-state index contributed by atoms with van der Waals surface area (Å²) in [6, 6.07) is 4.27. The number of hydrogen-bond donors (Lipinski definition) is 1. The van der Waals surface area contributed by atoms with E-state index in [1.807, 2.05) is 34.8 Å². The van der Waals surface area contributed by atoms with Crippen molar-refractivity contribution in [3.05, 3.63) is 24.0 Å². The highest BCUT2D eigenvalue weighted by atomic mass is 16.2.